The first-order valence-electron chi connectivity index (χ1n) is 8.48. The number of Topliss-reactive ketones (excluding diaryl/α,β-unsaturated/α-hetero) is 1. The first-order valence-corrected chi connectivity index (χ1v) is 8.48. The predicted molar refractivity (Wildman–Crippen MR) is 94.0 cm³/mol. The molecular formula is C21H16N2O3. The molecule has 0 saturated carbocycles. The zero-order valence-electron chi connectivity index (χ0n) is 14.0. The van der Waals surface area contributed by atoms with Gasteiger partial charge in [0.2, 0.25) is 11.5 Å². The maximum atomic E-state index is 12.6. The number of ketones is 1. The van der Waals surface area contributed by atoms with Crippen LogP contribution in [0.25, 0.3) is 0 Å². The topological polar surface area (TPSA) is 76.1 Å². The molecule has 1 unspecified atom stereocenters. The average molecular weight is 344 g/mol. The minimum absolute atomic E-state index is 0.0269. The molecule has 5 nitrogen and oxygen atoms in total. The van der Waals surface area contributed by atoms with Crippen molar-refractivity contribution in [3.8, 4) is 17.6 Å². The molecule has 0 bridgehead atoms. The highest BCUT2D eigenvalue weighted by Gasteiger charge is 2.28. The summed E-state index contributed by atoms with van der Waals surface area (Å²) in [4.78, 5) is 16.5. The summed E-state index contributed by atoms with van der Waals surface area (Å²) in [6.07, 6.45) is 3.45. The highest BCUT2D eigenvalue weighted by molar-refractivity contribution is 5.94. The number of ether oxygens (including phenoxy) is 1. The third-order valence-corrected chi connectivity index (χ3v) is 4.58. The van der Waals surface area contributed by atoms with Gasteiger partial charge < -0.3 is 9.15 Å². The molecule has 0 N–H and O–H groups in total. The molecule has 0 fully saturated rings. The molecule has 4 rings (SSSR count). The van der Waals surface area contributed by atoms with Crippen LogP contribution in [0.2, 0.25) is 0 Å². The molecule has 2 aromatic carbocycles. The van der Waals surface area contributed by atoms with Gasteiger partial charge in [0.25, 0.3) is 5.89 Å². The van der Waals surface area contributed by atoms with Gasteiger partial charge in [-0.3, -0.25) is 4.79 Å². The Morgan fingerprint density at radius 1 is 1.15 bits per heavy atom. The minimum Gasteiger partial charge on any atom is -0.457 e. The number of para-hydroxylation sites is 1. The fraction of sp³-hybridized carbons (Fsp3) is 0.190. The molecule has 1 aromatic heterocycles. The number of aryl methyl sites for hydroxylation is 1. The van der Waals surface area contributed by atoms with Crippen LogP contribution in [0.4, 0.5) is 0 Å². The summed E-state index contributed by atoms with van der Waals surface area (Å²) in [7, 11) is 0. The van der Waals surface area contributed by atoms with Gasteiger partial charge in [0.15, 0.2) is 0 Å². The van der Waals surface area contributed by atoms with E-state index in [2.05, 4.69) is 4.98 Å². The maximum Gasteiger partial charge on any atom is 0.264 e. The van der Waals surface area contributed by atoms with Gasteiger partial charge in [-0.15, -0.1) is 0 Å². The molecule has 0 amide bonds. The van der Waals surface area contributed by atoms with Crippen molar-refractivity contribution in [2.75, 3.05) is 0 Å². The SMILES string of the molecule is N#Cc1cnc(C(=O)C2CCc3cc(Oc4ccccc4)ccc3C2)o1. The molecular weight excluding hydrogens is 328 g/mol. The maximum absolute atomic E-state index is 12.6. The Kier molecular flexibility index (Phi) is 4.24. The summed E-state index contributed by atoms with van der Waals surface area (Å²) >= 11 is 0. The van der Waals surface area contributed by atoms with Gasteiger partial charge in [0.1, 0.15) is 17.6 Å². The van der Waals surface area contributed by atoms with E-state index >= 15 is 0 Å². The fourth-order valence-corrected chi connectivity index (χ4v) is 3.26. The zero-order valence-corrected chi connectivity index (χ0v) is 14.0. The number of hydrogen-bond donors (Lipinski definition) is 0. The van der Waals surface area contributed by atoms with Gasteiger partial charge in [-0.1, -0.05) is 24.3 Å². The van der Waals surface area contributed by atoms with Gasteiger partial charge in [0.05, 0.1) is 6.20 Å². The quantitative estimate of drug-likeness (QED) is 0.659. The van der Waals surface area contributed by atoms with Crippen molar-refractivity contribution in [3.63, 3.8) is 0 Å². The summed E-state index contributed by atoms with van der Waals surface area (Å²) in [5.74, 6) is 1.38. The van der Waals surface area contributed by atoms with E-state index in [0.717, 1.165) is 29.9 Å². The Hall–Kier alpha value is -3.39. The van der Waals surface area contributed by atoms with Crippen molar-refractivity contribution >= 4 is 5.78 Å². The molecule has 128 valence electrons. The van der Waals surface area contributed by atoms with Crippen molar-refractivity contribution in [1.29, 1.82) is 5.26 Å². The van der Waals surface area contributed by atoms with Crippen LogP contribution < -0.4 is 4.74 Å². The largest absolute Gasteiger partial charge is 0.457 e. The summed E-state index contributed by atoms with van der Waals surface area (Å²) in [5, 5.41) is 8.80. The number of fused-ring (bicyclic) bond motifs is 1. The van der Waals surface area contributed by atoms with Crippen LogP contribution in [0.3, 0.4) is 0 Å². The lowest BCUT2D eigenvalue weighted by atomic mass is 9.81. The minimum atomic E-state index is -0.173. The Morgan fingerprint density at radius 2 is 2.00 bits per heavy atom. The van der Waals surface area contributed by atoms with Crippen molar-refractivity contribution in [2.45, 2.75) is 19.3 Å². The van der Waals surface area contributed by atoms with Crippen LogP contribution >= 0.6 is 0 Å². The first kappa shape index (κ1) is 16.1. The van der Waals surface area contributed by atoms with Crippen LogP contribution in [0.15, 0.2) is 59.1 Å². The molecule has 1 aliphatic rings. The number of carbonyl (C=O) groups excluding carboxylic acids is 1. The summed E-state index contributed by atoms with van der Waals surface area (Å²) < 4.78 is 11.1. The summed E-state index contributed by atoms with van der Waals surface area (Å²) in [5.41, 5.74) is 2.34. The molecule has 5 heteroatoms. The number of nitrogens with zero attached hydrogens (tertiary/aromatic N) is 2. The fourth-order valence-electron chi connectivity index (χ4n) is 3.26. The molecule has 3 aromatic rings. The van der Waals surface area contributed by atoms with Crippen LogP contribution in [0.5, 0.6) is 11.5 Å². The van der Waals surface area contributed by atoms with Crippen LogP contribution in [0.1, 0.15) is 34.0 Å². The van der Waals surface area contributed by atoms with Gasteiger partial charge >= 0.3 is 0 Å². The van der Waals surface area contributed by atoms with Gasteiger partial charge in [0, 0.05) is 5.92 Å². The Morgan fingerprint density at radius 3 is 2.77 bits per heavy atom. The number of benzene rings is 2. The number of aromatic nitrogens is 1. The lowest BCUT2D eigenvalue weighted by Gasteiger charge is -2.23. The lowest BCUT2D eigenvalue weighted by Crippen LogP contribution is -2.23. The normalized spacial score (nSPS) is 15.7. The van der Waals surface area contributed by atoms with Crippen molar-refractivity contribution in [2.24, 2.45) is 5.92 Å². The number of oxazole rings is 1. The smallest absolute Gasteiger partial charge is 0.264 e. The first-order chi connectivity index (χ1) is 12.7. The molecule has 1 atom stereocenters. The van der Waals surface area contributed by atoms with Gasteiger partial charge in [-0.25, -0.2) is 4.98 Å². The van der Waals surface area contributed by atoms with E-state index in [0.29, 0.717) is 6.42 Å². The van der Waals surface area contributed by atoms with Crippen LogP contribution in [-0.2, 0) is 12.8 Å². The number of hydrogen-bond acceptors (Lipinski definition) is 5. The second kappa shape index (κ2) is 6.85. The van der Waals surface area contributed by atoms with E-state index in [1.165, 1.54) is 11.8 Å². The third-order valence-electron chi connectivity index (χ3n) is 4.58. The number of nitriles is 1. The van der Waals surface area contributed by atoms with Crippen LogP contribution in [0, 0.1) is 17.2 Å². The Labute approximate surface area is 150 Å². The van der Waals surface area contributed by atoms with Crippen molar-refractivity contribution in [1.82, 2.24) is 4.98 Å². The second-order valence-corrected chi connectivity index (χ2v) is 6.29. The Balaban J connectivity index is 1.49. The number of rotatable bonds is 4. The molecule has 26 heavy (non-hydrogen) atoms. The van der Waals surface area contributed by atoms with Crippen molar-refractivity contribution < 1.29 is 13.9 Å². The molecule has 0 saturated heterocycles. The van der Waals surface area contributed by atoms with Gasteiger partial charge in [-0.2, -0.15) is 5.26 Å². The van der Waals surface area contributed by atoms with E-state index in [4.69, 9.17) is 14.4 Å². The van der Waals surface area contributed by atoms with Crippen molar-refractivity contribution in [3.05, 3.63) is 77.5 Å². The molecule has 0 aliphatic heterocycles. The van der Waals surface area contributed by atoms with Crippen LogP contribution in [-0.4, -0.2) is 10.8 Å². The standard InChI is InChI=1S/C21H16N2O3/c22-12-19-13-23-21(26-19)20(24)16-7-6-15-11-18(9-8-14(15)10-16)25-17-4-2-1-3-5-17/h1-5,8-9,11,13,16H,6-7,10H2. The van der Waals surface area contributed by atoms with E-state index in [1.54, 1.807) is 0 Å². The van der Waals surface area contributed by atoms with E-state index in [-0.39, 0.29) is 23.4 Å². The molecule has 0 radical (unpaired) electrons. The third kappa shape index (κ3) is 3.22. The monoisotopic (exact) mass is 344 g/mol. The Bertz CT molecular complexity index is 986. The average Bonchev–Trinajstić information content (AvgIpc) is 3.17. The van der Waals surface area contributed by atoms with E-state index < -0.39 is 0 Å². The highest BCUT2D eigenvalue weighted by atomic mass is 16.5. The summed E-state index contributed by atoms with van der Waals surface area (Å²) in [6, 6.07) is 17.5. The lowest BCUT2D eigenvalue weighted by molar-refractivity contribution is 0.0872. The number of carbonyl (C=O) groups is 1. The summed E-state index contributed by atoms with van der Waals surface area (Å²) in [6.45, 7) is 0. The predicted octanol–water partition coefficient (Wildman–Crippen LogP) is 4.33. The zero-order chi connectivity index (χ0) is 17.9. The van der Waals surface area contributed by atoms with E-state index in [1.807, 2.05) is 54.6 Å². The molecule has 0 spiro atoms. The molecule has 1 aliphatic carbocycles. The second-order valence-electron chi connectivity index (χ2n) is 6.29. The highest BCUT2D eigenvalue weighted by Crippen LogP contribution is 2.32. The van der Waals surface area contributed by atoms with E-state index in [9.17, 15) is 4.79 Å². The molecule has 1 heterocycles. The van der Waals surface area contributed by atoms with Gasteiger partial charge in [-0.05, 0) is 54.7 Å².